The molecule has 3 nitrogen and oxygen atoms in total. The van der Waals surface area contributed by atoms with Gasteiger partial charge in [-0.2, -0.15) is 0 Å². The fourth-order valence-corrected chi connectivity index (χ4v) is 3.83. The number of hydrogen-bond donors (Lipinski definition) is 0. The van der Waals surface area contributed by atoms with Gasteiger partial charge < -0.3 is 0 Å². The van der Waals surface area contributed by atoms with Crippen molar-refractivity contribution in [3.05, 3.63) is 112 Å². The summed E-state index contributed by atoms with van der Waals surface area (Å²) >= 11 is 0. The fraction of sp³-hybridized carbons (Fsp3) is 0.0769. The second-order valence-electron chi connectivity index (χ2n) is 7.23. The van der Waals surface area contributed by atoms with Gasteiger partial charge in [0.25, 0.3) is 5.69 Å². The van der Waals surface area contributed by atoms with Gasteiger partial charge in [-0.1, -0.05) is 78.4 Å². The van der Waals surface area contributed by atoms with Crippen LogP contribution in [0, 0.1) is 24.0 Å². The van der Waals surface area contributed by atoms with E-state index in [-0.39, 0.29) is 10.6 Å². The zero-order chi connectivity index (χ0) is 20.4. The monoisotopic (exact) mass is 379 g/mol. The lowest BCUT2D eigenvalue weighted by Crippen LogP contribution is -1.96. The van der Waals surface area contributed by atoms with Crippen molar-refractivity contribution in [2.45, 2.75) is 13.8 Å². The summed E-state index contributed by atoms with van der Waals surface area (Å²) in [7, 11) is 0. The summed E-state index contributed by atoms with van der Waals surface area (Å²) in [4.78, 5) is 11.4. The Morgan fingerprint density at radius 2 is 1.34 bits per heavy atom. The molecule has 0 saturated heterocycles. The lowest BCUT2D eigenvalue weighted by Gasteiger charge is -2.17. The van der Waals surface area contributed by atoms with Crippen molar-refractivity contribution in [3.63, 3.8) is 0 Å². The number of nitro benzene ring substituents is 1. The topological polar surface area (TPSA) is 43.1 Å². The summed E-state index contributed by atoms with van der Waals surface area (Å²) in [6.07, 6.45) is 0. The van der Waals surface area contributed by atoms with E-state index in [4.69, 9.17) is 0 Å². The summed E-state index contributed by atoms with van der Waals surface area (Å²) in [5.74, 6) is 0. The van der Waals surface area contributed by atoms with Crippen LogP contribution in [0.1, 0.15) is 11.1 Å². The number of hydrogen-bond acceptors (Lipinski definition) is 2. The average Bonchev–Trinajstić information content (AvgIpc) is 2.74. The van der Waals surface area contributed by atoms with Crippen LogP contribution in [0.25, 0.3) is 33.4 Å². The highest BCUT2D eigenvalue weighted by Gasteiger charge is 2.20. The van der Waals surface area contributed by atoms with E-state index in [9.17, 15) is 10.1 Å². The van der Waals surface area contributed by atoms with Crippen LogP contribution in [0.5, 0.6) is 0 Å². The van der Waals surface area contributed by atoms with E-state index >= 15 is 0 Å². The zero-order valence-corrected chi connectivity index (χ0v) is 16.4. The van der Waals surface area contributed by atoms with Crippen LogP contribution in [0.4, 0.5) is 5.69 Å². The lowest BCUT2D eigenvalue weighted by atomic mass is 9.87. The Morgan fingerprint density at radius 3 is 2.07 bits per heavy atom. The van der Waals surface area contributed by atoms with E-state index in [1.165, 1.54) is 5.56 Å². The van der Waals surface area contributed by atoms with Crippen molar-refractivity contribution >= 4 is 5.69 Å². The molecular formula is C26H21NO2. The first kappa shape index (κ1) is 18.6. The van der Waals surface area contributed by atoms with Gasteiger partial charge in [0.2, 0.25) is 0 Å². The molecule has 0 aliphatic rings. The molecule has 0 aromatic heterocycles. The van der Waals surface area contributed by atoms with E-state index < -0.39 is 0 Å². The predicted octanol–water partition coefficient (Wildman–Crippen LogP) is 7.21. The lowest BCUT2D eigenvalue weighted by molar-refractivity contribution is -0.384. The molecule has 0 atom stereocenters. The molecule has 0 spiro atoms. The van der Waals surface area contributed by atoms with E-state index in [0.29, 0.717) is 5.56 Å². The highest BCUT2D eigenvalue weighted by Crippen LogP contribution is 2.41. The summed E-state index contributed by atoms with van der Waals surface area (Å²) in [6, 6.07) is 29.7. The number of rotatable bonds is 4. The standard InChI is InChI=1S/C26H21NO2/c1-18-9-8-12-21(15-18)22-16-19(2)26(23-13-6-7-14-25(23)27(28)29)24(17-22)20-10-4-3-5-11-20/h3-17H,1-2H3. The van der Waals surface area contributed by atoms with E-state index in [1.807, 2.05) is 49.4 Å². The van der Waals surface area contributed by atoms with Crippen LogP contribution in [-0.4, -0.2) is 4.92 Å². The Hall–Kier alpha value is -3.72. The van der Waals surface area contributed by atoms with Gasteiger partial charge in [-0.25, -0.2) is 0 Å². The van der Waals surface area contributed by atoms with Gasteiger partial charge in [0.15, 0.2) is 0 Å². The molecule has 4 aromatic carbocycles. The van der Waals surface area contributed by atoms with Crippen molar-refractivity contribution in [1.29, 1.82) is 0 Å². The number of para-hydroxylation sites is 1. The van der Waals surface area contributed by atoms with Gasteiger partial charge in [0, 0.05) is 6.07 Å². The molecule has 0 fully saturated rings. The van der Waals surface area contributed by atoms with E-state index in [2.05, 4.69) is 43.3 Å². The van der Waals surface area contributed by atoms with Crippen LogP contribution in [-0.2, 0) is 0 Å². The molecule has 0 amide bonds. The molecule has 0 radical (unpaired) electrons. The average molecular weight is 379 g/mol. The molecule has 0 N–H and O–H groups in total. The third-order valence-electron chi connectivity index (χ3n) is 5.14. The third-order valence-corrected chi connectivity index (χ3v) is 5.14. The van der Waals surface area contributed by atoms with Gasteiger partial charge >= 0.3 is 0 Å². The second kappa shape index (κ2) is 7.72. The molecule has 3 heteroatoms. The maximum absolute atomic E-state index is 11.7. The van der Waals surface area contributed by atoms with Crippen LogP contribution in [0.2, 0.25) is 0 Å². The Kier molecular flexibility index (Phi) is 4.96. The Balaban J connectivity index is 2.03. The van der Waals surface area contributed by atoms with Crippen LogP contribution in [0.3, 0.4) is 0 Å². The molecule has 29 heavy (non-hydrogen) atoms. The minimum atomic E-state index is -0.308. The first-order valence-corrected chi connectivity index (χ1v) is 9.55. The maximum Gasteiger partial charge on any atom is 0.277 e. The maximum atomic E-state index is 11.7. The molecule has 0 saturated carbocycles. The van der Waals surface area contributed by atoms with Crippen molar-refractivity contribution < 1.29 is 4.92 Å². The first-order valence-electron chi connectivity index (χ1n) is 9.55. The second-order valence-corrected chi connectivity index (χ2v) is 7.23. The Bertz CT molecular complexity index is 1200. The summed E-state index contributed by atoms with van der Waals surface area (Å²) in [5.41, 5.74) is 8.16. The van der Waals surface area contributed by atoms with Gasteiger partial charge in [0.1, 0.15) is 0 Å². The molecule has 4 aromatic rings. The number of benzene rings is 4. The SMILES string of the molecule is Cc1cccc(-c2cc(C)c(-c3ccccc3[N+](=O)[O-])c(-c3ccccc3)c2)c1. The van der Waals surface area contributed by atoms with E-state index in [1.54, 1.807) is 12.1 Å². The van der Waals surface area contributed by atoms with Gasteiger partial charge in [-0.15, -0.1) is 0 Å². The highest BCUT2D eigenvalue weighted by atomic mass is 16.6. The summed E-state index contributed by atoms with van der Waals surface area (Å²) in [5, 5.41) is 11.7. The van der Waals surface area contributed by atoms with Crippen molar-refractivity contribution in [3.8, 4) is 33.4 Å². The van der Waals surface area contributed by atoms with E-state index in [0.717, 1.165) is 33.4 Å². The first-order chi connectivity index (χ1) is 14.0. The quantitative estimate of drug-likeness (QED) is 0.278. The largest absolute Gasteiger partial charge is 0.277 e. The molecule has 0 aliphatic carbocycles. The van der Waals surface area contributed by atoms with Crippen LogP contribution >= 0.6 is 0 Å². The number of nitrogens with zero attached hydrogens (tertiary/aromatic N) is 1. The molecule has 0 aliphatic heterocycles. The van der Waals surface area contributed by atoms with Gasteiger partial charge in [0.05, 0.1) is 10.5 Å². The van der Waals surface area contributed by atoms with Gasteiger partial charge in [-0.05, 0) is 59.4 Å². The van der Waals surface area contributed by atoms with Crippen LogP contribution in [0.15, 0.2) is 91.0 Å². The summed E-state index contributed by atoms with van der Waals surface area (Å²) < 4.78 is 0. The molecule has 0 bridgehead atoms. The summed E-state index contributed by atoms with van der Waals surface area (Å²) in [6.45, 7) is 4.11. The minimum Gasteiger partial charge on any atom is -0.258 e. The third kappa shape index (κ3) is 3.67. The molecule has 0 heterocycles. The predicted molar refractivity (Wildman–Crippen MR) is 119 cm³/mol. The van der Waals surface area contributed by atoms with Crippen molar-refractivity contribution in [2.75, 3.05) is 0 Å². The fourth-order valence-electron chi connectivity index (χ4n) is 3.83. The van der Waals surface area contributed by atoms with Crippen LogP contribution < -0.4 is 0 Å². The van der Waals surface area contributed by atoms with Crippen molar-refractivity contribution in [2.24, 2.45) is 0 Å². The normalized spacial score (nSPS) is 10.7. The zero-order valence-electron chi connectivity index (χ0n) is 16.4. The van der Waals surface area contributed by atoms with Crippen molar-refractivity contribution in [1.82, 2.24) is 0 Å². The Labute approximate surface area is 170 Å². The molecule has 0 unspecified atom stereocenters. The molecule has 4 rings (SSSR count). The number of nitro groups is 1. The smallest absolute Gasteiger partial charge is 0.258 e. The van der Waals surface area contributed by atoms with Gasteiger partial charge in [-0.3, -0.25) is 10.1 Å². The number of aryl methyl sites for hydroxylation is 2. The molecule has 142 valence electrons. The minimum absolute atomic E-state index is 0.121. The highest BCUT2D eigenvalue weighted by molar-refractivity contribution is 5.92. The molecular weight excluding hydrogens is 358 g/mol. The Morgan fingerprint density at radius 1 is 0.655 bits per heavy atom.